The number of amides is 1. The van der Waals surface area contributed by atoms with E-state index in [2.05, 4.69) is 5.32 Å². The molecule has 1 amide bonds. The third kappa shape index (κ3) is 3.61. The van der Waals surface area contributed by atoms with Gasteiger partial charge in [0.05, 0.1) is 6.61 Å². The second-order valence-corrected chi connectivity index (χ2v) is 4.86. The van der Waals surface area contributed by atoms with Crippen LogP contribution in [0.15, 0.2) is 54.6 Å². The summed E-state index contributed by atoms with van der Waals surface area (Å²) in [4.78, 5) is 11.3. The Morgan fingerprint density at radius 3 is 2.24 bits per heavy atom. The van der Waals surface area contributed by atoms with Gasteiger partial charge in [0.25, 0.3) is 0 Å². The average molecular weight is 285 g/mol. The molecule has 0 spiro atoms. The summed E-state index contributed by atoms with van der Waals surface area (Å²) in [5.41, 5.74) is 1.12. The second kappa shape index (κ2) is 6.41. The zero-order valence-corrected chi connectivity index (χ0v) is 12.2. The first-order valence-electron chi connectivity index (χ1n) is 6.86. The van der Waals surface area contributed by atoms with Crippen molar-refractivity contribution < 1.29 is 14.6 Å². The molecule has 2 aromatic carbocycles. The van der Waals surface area contributed by atoms with Crippen molar-refractivity contribution in [1.82, 2.24) is 0 Å². The molecule has 0 fully saturated rings. The Balaban J connectivity index is 2.17. The molecule has 110 valence electrons. The van der Waals surface area contributed by atoms with Gasteiger partial charge in [-0.05, 0) is 37.1 Å². The minimum absolute atomic E-state index is 0.326. The van der Waals surface area contributed by atoms with Crippen LogP contribution in [0.3, 0.4) is 0 Å². The van der Waals surface area contributed by atoms with Crippen LogP contribution in [0.5, 0.6) is 0 Å². The zero-order chi connectivity index (χ0) is 15.3. The van der Waals surface area contributed by atoms with Crippen molar-refractivity contribution in [3.63, 3.8) is 0 Å². The summed E-state index contributed by atoms with van der Waals surface area (Å²) in [6, 6.07) is 16.5. The lowest BCUT2D eigenvalue weighted by Gasteiger charge is -2.24. The highest BCUT2D eigenvalue weighted by Gasteiger charge is 2.25. The third-order valence-corrected chi connectivity index (χ3v) is 3.30. The van der Waals surface area contributed by atoms with Gasteiger partial charge in [0.1, 0.15) is 5.60 Å². The summed E-state index contributed by atoms with van der Waals surface area (Å²) >= 11 is 0. The van der Waals surface area contributed by atoms with E-state index in [0.717, 1.165) is 11.1 Å². The fraction of sp³-hybridized carbons (Fsp3) is 0.235. The Kier molecular flexibility index (Phi) is 4.60. The fourth-order valence-electron chi connectivity index (χ4n) is 2.09. The largest absolute Gasteiger partial charge is 0.450 e. The molecule has 0 radical (unpaired) electrons. The van der Waals surface area contributed by atoms with Gasteiger partial charge >= 0.3 is 6.09 Å². The van der Waals surface area contributed by atoms with E-state index in [0.29, 0.717) is 12.3 Å². The number of aliphatic hydroxyl groups is 1. The Labute approximate surface area is 124 Å². The predicted molar refractivity (Wildman–Crippen MR) is 82.2 cm³/mol. The maximum absolute atomic E-state index is 11.3. The van der Waals surface area contributed by atoms with Crippen molar-refractivity contribution in [2.75, 3.05) is 11.9 Å². The molecule has 2 N–H and O–H groups in total. The molecule has 4 nitrogen and oxygen atoms in total. The number of nitrogens with one attached hydrogen (secondary N) is 1. The van der Waals surface area contributed by atoms with Crippen LogP contribution in [0.1, 0.15) is 25.0 Å². The average Bonchev–Trinajstić information content (AvgIpc) is 2.49. The normalized spacial score (nSPS) is 13.3. The lowest BCUT2D eigenvalue weighted by molar-refractivity contribution is 0.102. The Morgan fingerprint density at radius 2 is 1.67 bits per heavy atom. The second-order valence-electron chi connectivity index (χ2n) is 4.86. The van der Waals surface area contributed by atoms with Crippen molar-refractivity contribution in [2.24, 2.45) is 0 Å². The van der Waals surface area contributed by atoms with E-state index in [1.165, 1.54) is 0 Å². The van der Waals surface area contributed by atoms with Crippen molar-refractivity contribution in [3.8, 4) is 0 Å². The maximum atomic E-state index is 11.3. The molecule has 2 aromatic rings. The van der Waals surface area contributed by atoms with Crippen molar-refractivity contribution in [1.29, 1.82) is 0 Å². The molecule has 0 heterocycles. The first kappa shape index (κ1) is 15.1. The fourth-order valence-corrected chi connectivity index (χ4v) is 2.09. The van der Waals surface area contributed by atoms with Gasteiger partial charge in [-0.15, -0.1) is 0 Å². The molecule has 0 saturated heterocycles. The van der Waals surface area contributed by atoms with Gasteiger partial charge in [0.15, 0.2) is 0 Å². The van der Waals surface area contributed by atoms with Gasteiger partial charge in [-0.1, -0.05) is 42.5 Å². The van der Waals surface area contributed by atoms with Crippen LogP contribution in [0.2, 0.25) is 0 Å². The number of carbonyl (C=O) groups excluding carboxylic acids is 1. The number of rotatable bonds is 4. The zero-order valence-electron chi connectivity index (χ0n) is 12.2. The van der Waals surface area contributed by atoms with Gasteiger partial charge in [-0.3, -0.25) is 5.32 Å². The molecule has 1 unspecified atom stereocenters. The molecular formula is C17H19NO3. The molecular weight excluding hydrogens is 266 g/mol. The lowest BCUT2D eigenvalue weighted by atomic mass is 9.88. The first-order valence-corrected chi connectivity index (χ1v) is 6.86. The van der Waals surface area contributed by atoms with Crippen LogP contribution < -0.4 is 5.32 Å². The molecule has 0 saturated carbocycles. The van der Waals surface area contributed by atoms with E-state index in [9.17, 15) is 9.90 Å². The van der Waals surface area contributed by atoms with Crippen LogP contribution in [0.25, 0.3) is 0 Å². The van der Waals surface area contributed by atoms with E-state index in [4.69, 9.17) is 4.74 Å². The van der Waals surface area contributed by atoms with Crippen molar-refractivity contribution in [2.45, 2.75) is 19.4 Å². The van der Waals surface area contributed by atoms with Gasteiger partial charge in [-0.25, -0.2) is 4.79 Å². The molecule has 0 aliphatic rings. The Hall–Kier alpha value is -2.33. The van der Waals surface area contributed by atoms with Crippen molar-refractivity contribution in [3.05, 3.63) is 65.7 Å². The highest BCUT2D eigenvalue weighted by atomic mass is 16.5. The maximum Gasteiger partial charge on any atom is 0.411 e. The van der Waals surface area contributed by atoms with Gasteiger partial charge < -0.3 is 9.84 Å². The van der Waals surface area contributed by atoms with E-state index in [-0.39, 0.29) is 0 Å². The number of hydrogen-bond acceptors (Lipinski definition) is 3. The summed E-state index contributed by atoms with van der Waals surface area (Å²) in [5, 5.41) is 13.3. The number of anilines is 1. The van der Waals surface area contributed by atoms with E-state index in [1.54, 1.807) is 38.1 Å². The molecule has 4 heteroatoms. The molecule has 21 heavy (non-hydrogen) atoms. The van der Waals surface area contributed by atoms with E-state index < -0.39 is 11.7 Å². The van der Waals surface area contributed by atoms with Gasteiger partial charge in [0, 0.05) is 5.69 Å². The molecule has 0 bridgehead atoms. The van der Waals surface area contributed by atoms with Crippen molar-refractivity contribution >= 4 is 11.8 Å². The minimum atomic E-state index is -1.08. The highest BCUT2D eigenvalue weighted by molar-refractivity contribution is 5.84. The number of ether oxygens (including phenoxy) is 1. The summed E-state index contributed by atoms with van der Waals surface area (Å²) in [6.07, 6.45) is -0.486. The monoisotopic (exact) mass is 285 g/mol. The molecule has 0 aromatic heterocycles. The quantitative estimate of drug-likeness (QED) is 0.903. The Bertz CT molecular complexity index is 591. The standard InChI is InChI=1S/C17H19NO3/c1-3-21-16(19)18-15-11-9-14(10-12-15)17(2,20)13-7-5-4-6-8-13/h4-12,20H,3H2,1-2H3,(H,18,19). The lowest BCUT2D eigenvalue weighted by Crippen LogP contribution is -2.22. The molecule has 2 rings (SSSR count). The van der Waals surface area contributed by atoms with Crippen LogP contribution in [-0.4, -0.2) is 17.8 Å². The van der Waals surface area contributed by atoms with Crippen LogP contribution in [0.4, 0.5) is 10.5 Å². The molecule has 1 atom stereocenters. The number of benzene rings is 2. The van der Waals surface area contributed by atoms with Gasteiger partial charge in [0.2, 0.25) is 0 Å². The van der Waals surface area contributed by atoms with Crippen LogP contribution in [0, 0.1) is 0 Å². The first-order chi connectivity index (χ1) is 10.0. The van der Waals surface area contributed by atoms with Crippen LogP contribution in [-0.2, 0) is 10.3 Å². The number of carbonyl (C=O) groups is 1. The van der Waals surface area contributed by atoms with Crippen LogP contribution >= 0.6 is 0 Å². The molecule has 0 aliphatic heterocycles. The van der Waals surface area contributed by atoms with E-state index >= 15 is 0 Å². The smallest absolute Gasteiger partial charge is 0.411 e. The topological polar surface area (TPSA) is 58.6 Å². The van der Waals surface area contributed by atoms with E-state index in [1.807, 2.05) is 30.3 Å². The summed E-state index contributed by atoms with van der Waals surface area (Å²) in [6.45, 7) is 3.82. The number of hydrogen-bond donors (Lipinski definition) is 2. The predicted octanol–water partition coefficient (Wildman–Crippen LogP) is 3.51. The summed E-state index contributed by atoms with van der Waals surface area (Å²) in [7, 11) is 0. The Morgan fingerprint density at radius 1 is 1.10 bits per heavy atom. The third-order valence-electron chi connectivity index (χ3n) is 3.30. The summed E-state index contributed by atoms with van der Waals surface area (Å²) < 4.78 is 4.81. The minimum Gasteiger partial charge on any atom is -0.450 e. The highest BCUT2D eigenvalue weighted by Crippen LogP contribution is 2.29. The molecule has 0 aliphatic carbocycles. The SMILES string of the molecule is CCOC(=O)Nc1ccc(C(C)(O)c2ccccc2)cc1. The van der Waals surface area contributed by atoms with Gasteiger partial charge in [-0.2, -0.15) is 0 Å². The summed E-state index contributed by atoms with van der Waals surface area (Å²) in [5.74, 6) is 0.